The van der Waals surface area contributed by atoms with E-state index in [4.69, 9.17) is 44.5 Å². The second kappa shape index (κ2) is 9.98. The van der Waals surface area contributed by atoms with Gasteiger partial charge < -0.3 is 4.74 Å². The van der Waals surface area contributed by atoms with Crippen LogP contribution in [0.1, 0.15) is 63.8 Å². The van der Waals surface area contributed by atoms with Gasteiger partial charge in [0.25, 0.3) is 0 Å². The van der Waals surface area contributed by atoms with Crippen molar-refractivity contribution in [3.05, 3.63) is 99.0 Å². The van der Waals surface area contributed by atoms with E-state index in [0.29, 0.717) is 33.8 Å². The first kappa shape index (κ1) is 27.5. The fourth-order valence-corrected chi connectivity index (χ4v) is 5.49. The fraction of sp³-hybridized carbons (Fsp3) is 0.333. The standard InChI is InChI=1S/C30H31Cl3N2O2/c1-7-37-25-18-21(28(2,3)4)12-17-24(25)26-34-29(5,19-8-13-22(31)14-9-19)30(6,35(26)27(33)36)20-10-15-23(32)16-11-20/h8-18H,7H2,1-6H3/t29-,30?/m0/s1. The van der Waals surface area contributed by atoms with Gasteiger partial charge >= 0.3 is 5.37 Å². The number of benzene rings is 3. The van der Waals surface area contributed by atoms with Gasteiger partial charge in [0, 0.05) is 10.0 Å². The predicted octanol–water partition coefficient (Wildman–Crippen LogP) is 8.94. The SMILES string of the molecule is CCOc1cc(C(C)(C)C)ccc1C1=N[C@@](C)(c2ccc(Cl)cc2)C(C)(c2ccc(Cl)cc2)N1C(=O)Cl. The van der Waals surface area contributed by atoms with Crippen molar-refractivity contribution in [1.82, 2.24) is 4.90 Å². The van der Waals surface area contributed by atoms with Crippen molar-refractivity contribution in [2.45, 2.75) is 58.0 Å². The van der Waals surface area contributed by atoms with Crippen LogP contribution in [0, 0.1) is 0 Å². The molecule has 3 aromatic carbocycles. The fourth-order valence-electron chi connectivity index (χ4n) is 4.99. The van der Waals surface area contributed by atoms with E-state index < -0.39 is 16.4 Å². The van der Waals surface area contributed by atoms with E-state index in [1.165, 1.54) is 0 Å². The molecule has 4 nitrogen and oxygen atoms in total. The molecule has 2 atom stereocenters. The zero-order valence-electron chi connectivity index (χ0n) is 21.9. The molecule has 1 aliphatic rings. The molecule has 0 saturated carbocycles. The van der Waals surface area contributed by atoms with E-state index in [1.807, 2.05) is 81.4 Å². The zero-order chi connectivity index (χ0) is 27.2. The second-order valence-electron chi connectivity index (χ2n) is 10.6. The molecule has 1 amide bonds. The van der Waals surface area contributed by atoms with Gasteiger partial charge in [0.1, 0.15) is 22.7 Å². The Morgan fingerprint density at radius 2 is 1.46 bits per heavy atom. The Balaban J connectivity index is 2.03. The average Bonchev–Trinajstić information content (AvgIpc) is 3.08. The van der Waals surface area contributed by atoms with Crippen LogP contribution in [0.4, 0.5) is 4.79 Å². The molecule has 194 valence electrons. The predicted molar refractivity (Wildman–Crippen MR) is 154 cm³/mol. The van der Waals surface area contributed by atoms with Crippen LogP contribution in [-0.2, 0) is 16.5 Å². The largest absolute Gasteiger partial charge is 0.493 e. The number of hydrogen-bond donors (Lipinski definition) is 0. The summed E-state index contributed by atoms with van der Waals surface area (Å²) in [5, 5.41) is 0.570. The van der Waals surface area contributed by atoms with Crippen LogP contribution in [0.15, 0.2) is 71.7 Å². The third-order valence-corrected chi connectivity index (χ3v) is 7.99. The van der Waals surface area contributed by atoms with Crippen LogP contribution in [0.2, 0.25) is 10.0 Å². The van der Waals surface area contributed by atoms with Gasteiger partial charge in [-0.1, -0.05) is 74.3 Å². The Labute approximate surface area is 234 Å². The van der Waals surface area contributed by atoms with Crippen LogP contribution < -0.4 is 4.74 Å². The Morgan fingerprint density at radius 3 is 1.95 bits per heavy atom. The molecule has 0 N–H and O–H groups in total. The molecule has 1 aliphatic heterocycles. The van der Waals surface area contributed by atoms with Crippen LogP contribution >= 0.6 is 34.8 Å². The first-order chi connectivity index (χ1) is 17.3. The summed E-state index contributed by atoms with van der Waals surface area (Å²) in [4.78, 5) is 20.1. The molecule has 0 fully saturated rings. The van der Waals surface area contributed by atoms with Crippen LogP contribution in [0.25, 0.3) is 0 Å². The number of rotatable bonds is 5. The van der Waals surface area contributed by atoms with Crippen molar-refractivity contribution in [2.24, 2.45) is 4.99 Å². The first-order valence-electron chi connectivity index (χ1n) is 12.2. The van der Waals surface area contributed by atoms with Crippen LogP contribution in [0.3, 0.4) is 0 Å². The van der Waals surface area contributed by atoms with Crippen molar-refractivity contribution in [2.75, 3.05) is 6.61 Å². The molecule has 0 spiro atoms. The van der Waals surface area contributed by atoms with Gasteiger partial charge in [0.05, 0.1) is 12.2 Å². The van der Waals surface area contributed by atoms with E-state index in [0.717, 1.165) is 16.7 Å². The summed E-state index contributed by atoms with van der Waals surface area (Å²) in [7, 11) is 0. The lowest BCUT2D eigenvalue weighted by Crippen LogP contribution is -2.53. The number of halogens is 3. The minimum Gasteiger partial charge on any atom is -0.493 e. The highest BCUT2D eigenvalue weighted by Gasteiger charge is 2.59. The molecule has 0 bridgehead atoms. The van der Waals surface area contributed by atoms with E-state index in [9.17, 15) is 4.79 Å². The topological polar surface area (TPSA) is 41.9 Å². The first-order valence-corrected chi connectivity index (χ1v) is 13.4. The summed E-state index contributed by atoms with van der Waals surface area (Å²) in [5.74, 6) is 1.09. The zero-order valence-corrected chi connectivity index (χ0v) is 24.2. The third-order valence-electron chi connectivity index (χ3n) is 7.31. The summed E-state index contributed by atoms with van der Waals surface area (Å²) >= 11 is 18.8. The summed E-state index contributed by atoms with van der Waals surface area (Å²) < 4.78 is 6.10. The van der Waals surface area contributed by atoms with Gasteiger partial charge in [-0.25, -0.2) is 0 Å². The number of aliphatic imine (C=N–C) groups is 1. The van der Waals surface area contributed by atoms with Gasteiger partial charge in [0.2, 0.25) is 0 Å². The Morgan fingerprint density at radius 1 is 0.919 bits per heavy atom. The molecule has 0 aromatic heterocycles. The number of amides is 1. The van der Waals surface area contributed by atoms with E-state index in [2.05, 4.69) is 26.8 Å². The maximum atomic E-state index is 13.3. The Bertz CT molecular complexity index is 1350. The average molecular weight is 558 g/mol. The Hall–Kier alpha value is -2.53. The molecule has 3 aromatic rings. The highest BCUT2D eigenvalue weighted by atomic mass is 35.5. The van der Waals surface area contributed by atoms with Gasteiger partial charge in [-0.2, -0.15) is 0 Å². The number of nitrogens with zero attached hydrogens (tertiary/aromatic N) is 2. The minimum atomic E-state index is -0.994. The molecule has 0 radical (unpaired) electrons. The highest BCUT2D eigenvalue weighted by Crippen LogP contribution is 2.54. The minimum absolute atomic E-state index is 0.0838. The lowest BCUT2D eigenvalue weighted by molar-refractivity contribution is 0.149. The monoisotopic (exact) mass is 556 g/mol. The van der Waals surface area contributed by atoms with E-state index >= 15 is 0 Å². The lowest BCUT2D eigenvalue weighted by Gasteiger charge is -2.44. The summed E-state index contributed by atoms with van der Waals surface area (Å²) in [6.45, 7) is 12.8. The quantitative estimate of drug-likeness (QED) is 0.232. The van der Waals surface area contributed by atoms with Crippen molar-refractivity contribution in [3.8, 4) is 5.75 Å². The summed E-state index contributed by atoms with van der Waals surface area (Å²) in [6, 6.07) is 21.0. The third kappa shape index (κ3) is 4.76. The van der Waals surface area contributed by atoms with Crippen molar-refractivity contribution in [3.63, 3.8) is 0 Å². The van der Waals surface area contributed by atoms with Crippen LogP contribution in [-0.4, -0.2) is 22.7 Å². The van der Waals surface area contributed by atoms with Gasteiger partial charge in [-0.3, -0.25) is 14.7 Å². The molecular weight excluding hydrogens is 527 g/mol. The maximum Gasteiger partial charge on any atom is 0.322 e. The summed E-state index contributed by atoms with van der Waals surface area (Å²) in [5.41, 5.74) is 1.54. The number of carbonyl (C=O) groups excluding carboxylic acids is 1. The lowest BCUT2D eigenvalue weighted by atomic mass is 9.71. The molecule has 7 heteroatoms. The molecule has 1 heterocycles. The van der Waals surface area contributed by atoms with E-state index in [1.54, 1.807) is 4.90 Å². The van der Waals surface area contributed by atoms with Crippen LogP contribution in [0.5, 0.6) is 5.75 Å². The second-order valence-corrected chi connectivity index (χ2v) is 11.8. The van der Waals surface area contributed by atoms with Crippen molar-refractivity contribution in [1.29, 1.82) is 0 Å². The molecule has 0 saturated heterocycles. The van der Waals surface area contributed by atoms with Gasteiger partial charge in [-0.15, -0.1) is 0 Å². The molecular formula is C30H31Cl3N2O2. The molecule has 4 rings (SSSR count). The number of carbonyl (C=O) groups is 1. The smallest absolute Gasteiger partial charge is 0.322 e. The van der Waals surface area contributed by atoms with E-state index in [-0.39, 0.29) is 5.41 Å². The number of hydrogen-bond acceptors (Lipinski definition) is 3. The number of ether oxygens (including phenoxy) is 1. The van der Waals surface area contributed by atoms with Gasteiger partial charge in [0.15, 0.2) is 0 Å². The molecule has 0 aliphatic carbocycles. The molecule has 37 heavy (non-hydrogen) atoms. The van der Waals surface area contributed by atoms with Crippen molar-refractivity contribution < 1.29 is 9.53 Å². The summed E-state index contributed by atoms with van der Waals surface area (Å²) in [6.07, 6.45) is 0. The highest BCUT2D eigenvalue weighted by molar-refractivity contribution is 6.64. The molecule has 1 unspecified atom stereocenters. The van der Waals surface area contributed by atoms with Crippen molar-refractivity contribution >= 4 is 46.0 Å². The van der Waals surface area contributed by atoms with Gasteiger partial charge in [-0.05, 0) is 90.9 Å². The normalized spacial score (nSPS) is 21.6. The maximum absolute atomic E-state index is 13.3. The number of amidine groups is 1. The Kier molecular flexibility index (Phi) is 7.42.